The van der Waals surface area contributed by atoms with Gasteiger partial charge in [-0.1, -0.05) is 0 Å². The van der Waals surface area contributed by atoms with Crippen LogP contribution in [0, 0.1) is 0 Å². The van der Waals surface area contributed by atoms with Gasteiger partial charge in [0.15, 0.2) is 0 Å². The molecule has 0 saturated heterocycles. The van der Waals surface area contributed by atoms with Gasteiger partial charge in [-0.2, -0.15) is 0 Å². The third kappa shape index (κ3) is 2.65. The van der Waals surface area contributed by atoms with Crippen LogP contribution in [0.2, 0.25) is 0 Å². The highest BCUT2D eigenvalue weighted by molar-refractivity contribution is 5.83. The Hall–Kier alpha value is -1.81. The van der Waals surface area contributed by atoms with E-state index in [-0.39, 0.29) is 6.61 Å². The molecule has 0 radical (unpaired) electrons. The second-order valence-corrected chi connectivity index (χ2v) is 4.12. The van der Waals surface area contributed by atoms with Crippen molar-refractivity contribution in [1.82, 2.24) is 4.98 Å². The van der Waals surface area contributed by atoms with Crippen molar-refractivity contribution in [3.8, 4) is 0 Å². The number of anilines is 2. The molecule has 4 nitrogen and oxygen atoms in total. The van der Waals surface area contributed by atoms with Gasteiger partial charge in [0.25, 0.3) is 0 Å². The molecule has 1 heterocycles. The zero-order valence-corrected chi connectivity index (χ0v) is 9.93. The lowest BCUT2D eigenvalue weighted by molar-refractivity contribution is 0.290. The third-order valence-electron chi connectivity index (χ3n) is 2.74. The molecule has 2 rings (SSSR count). The van der Waals surface area contributed by atoms with Gasteiger partial charge in [-0.05, 0) is 36.8 Å². The maximum atomic E-state index is 8.80. The van der Waals surface area contributed by atoms with Crippen molar-refractivity contribution in [3.05, 3.63) is 30.3 Å². The summed E-state index contributed by atoms with van der Waals surface area (Å²) in [5.74, 6) is 0.913. The van der Waals surface area contributed by atoms with Crippen LogP contribution in [-0.4, -0.2) is 30.3 Å². The van der Waals surface area contributed by atoms with Gasteiger partial charge in [0, 0.05) is 31.3 Å². The van der Waals surface area contributed by atoms with Crippen LogP contribution in [0.5, 0.6) is 0 Å². The van der Waals surface area contributed by atoms with Crippen LogP contribution in [0.25, 0.3) is 10.9 Å². The maximum absolute atomic E-state index is 8.80. The molecule has 0 aliphatic heterocycles. The molecule has 0 unspecified atom stereocenters. The van der Waals surface area contributed by atoms with Gasteiger partial charge in [0.1, 0.15) is 5.82 Å². The van der Waals surface area contributed by atoms with Gasteiger partial charge < -0.3 is 15.7 Å². The van der Waals surface area contributed by atoms with Gasteiger partial charge in [0.2, 0.25) is 0 Å². The summed E-state index contributed by atoms with van der Waals surface area (Å²) in [5.41, 5.74) is 7.41. The molecule has 17 heavy (non-hydrogen) atoms. The second-order valence-electron chi connectivity index (χ2n) is 4.12. The van der Waals surface area contributed by atoms with Crippen molar-refractivity contribution in [1.29, 1.82) is 0 Å². The van der Waals surface area contributed by atoms with Crippen molar-refractivity contribution >= 4 is 22.4 Å². The maximum Gasteiger partial charge on any atom is 0.128 e. The number of rotatable bonds is 4. The minimum Gasteiger partial charge on any atom is -0.399 e. The molecule has 0 aliphatic carbocycles. The molecular weight excluding hydrogens is 214 g/mol. The van der Waals surface area contributed by atoms with Crippen molar-refractivity contribution in [2.75, 3.05) is 30.8 Å². The summed E-state index contributed by atoms with van der Waals surface area (Å²) in [6.07, 6.45) is 0.748. The Morgan fingerprint density at radius 2 is 2.12 bits per heavy atom. The zero-order valence-electron chi connectivity index (χ0n) is 9.93. The first-order valence-corrected chi connectivity index (χ1v) is 5.69. The van der Waals surface area contributed by atoms with E-state index in [4.69, 9.17) is 10.8 Å². The number of hydrogen-bond acceptors (Lipinski definition) is 4. The average molecular weight is 231 g/mol. The summed E-state index contributed by atoms with van der Waals surface area (Å²) in [5, 5.41) is 9.85. The first kappa shape index (κ1) is 11.7. The van der Waals surface area contributed by atoms with Crippen LogP contribution < -0.4 is 10.6 Å². The topological polar surface area (TPSA) is 62.4 Å². The number of fused-ring (bicyclic) bond motifs is 1. The fourth-order valence-corrected chi connectivity index (χ4v) is 1.77. The van der Waals surface area contributed by atoms with Crippen molar-refractivity contribution < 1.29 is 5.11 Å². The van der Waals surface area contributed by atoms with E-state index in [1.54, 1.807) is 0 Å². The normalized spacial score (nSPS) is 10.7. The molecule has 4 heteroatoms. The van der Waals surface area contributed by atoms with Crippen LogP contribution in [0.3, 0.4) is 0 Å². The lowest BCUT2D eigenvalue weighted by Gasteiger charge is -2.17. The van der Waals surface area contributed by atoms with Crippen molar-refractivity contribution in [2.45, 2.75) is 6.42 Å². The van der Waals surface area contributed by atoms with E-state index >= 15 is 0 Å². The van der Waals surface area contributed by atoms with Crippen molar-refractivity contribution in [3.63, 3.8) is 0 Å². The molecule has 0 aliphatic rings. The Labute approximate surface area is 101 Å². The van der Waals surface area contributed by atoms with Gasteiger partial charge in [-0.25, -0.2) is 4.98 Å². The molecule has 1 aromatic carbocycles. The predicted octanol–water partition coefficient (Wildman–Crippen LogP) is 1.64. The first-order valence-electron chi connectivity index (χ1n) is 5.69. The van der Waals surface area contributed by atoms with Crippen LogP contribution in [0.4, 0.5) is 11.5 Å². The van der Waals surface area contributed by atoms with E-state index in [1.165, 1.54) is 0 Å². The van der Waals surface area contributed by atoms with E-state index in [1.807, 2.05) is 42.3 Å². The van der Waals surface area contributed by atoms with E-state index < -0.39 is 0 Å². The van der Waals surface area contributed by atoms with Gasteiger partial charge in [-0.3, -0.25) is 0 Å². The largest absolute Gasteiger partial charge is 0.399 e. The number of nitrogen functional groups attached to an aromatic ring is 1. The minimum absolute atomic E-state index is 0.203. The van der Waals surface area contributed by atoms with E-state index in [2.05, 4.69) is 4.98 Å². The molecule has 2 aromatic rings. The molecular formula is C13H17N3O. The SMILES string of the molecule is CN(CCCO)c1ccc2cc(N)ccc2n1. The van der Waals surface area contributed by atoms with Crippen LogP contribution in [-0.2, 0) is 0 Å². The van der Waals surface area contributed by atoms with E-state index in [0.717, 1.165) is 35.4 Å². The first-order chi connectivity index (χ1) is 8.20. The molecule has 0 saturated carbocycles. The van der Waals surface area contributed by atoms with Crippen molar-refractivity contribution in [2.24, 2.45) is 0 Å². The number of aliphatic hydroxyl groups excluding tert-OH is 1. The number of nitrogens with two attached hydrogens (primary N) is 1. The second kappa shape index (κ2) is 5.01. The van der Waals surface area contributed by atoms with Gasteiger partial charge in [0.05, 0.1) is 5.52 Å². The smallest absolute Gasteiger partial charge is 0.128 e. The molecule has 0 spiro atoms. The molecule has 0 fully saturated rings. The summed E-state index contributed by atoms with van der Waals surface area (Å²) < 4.78 is 0. The molecule has 3 N–H and O–H groups in total. The number of aliphatic hydroxyl groups is 1. The van der Waals surface area contributed by atoms with Crippen LogP contribution >= 0.6 is 0 Å². The molecule has 1 aromatic heterocycles. The highest BCUT2D eigenvalue weighted by atomic mass is 16.3. The third-order valence-corrected chi connectivity index (χ3v) is 2.74. The number of aromatic nitrogens is 1. The number of benzene rings is 1. The van der Waals surface area contributed by atoms with E-state index in [9.17, 15) is 0 Å². The molecule has 0 bridgehead atoms. The monoisotopic (exact) mass is 231 g/mol. The fraction of sp³-hybridized carbons (Fsp3) is 0.308. The minimum atomic E-state index is 0.203. The van der Waals surface area contributed by atoms with Gasteiger partial charge in [-0.15, -0.1) is 0 Å². The Bertz CT molecular complexity index is 513. The fourth-order valence-electron chi connectivity index (χ4n) is 1.77. The summed E-state index contributed by atoms with van der Waals surface area (Å²) in [6, 6.07) is 9.68. The summed E-state index contributed by atoms with van der Waals surface area (Å²) in [4.78, 5) is 6.59. The Morgan fingerprint density at radius 1 is 1.29 bits per heavy atom. The lowest BCUT2D eigenvalue weighted by atomic mass is 10.2. The average Bonchev–Trinajstić information content (AvgIpc) is 2.35. The number of pyridine rings is 1. The van der Waals surface area contributed by atoms with Crippen LogP contribution in [0.15, 0.2) is 30.3 Å². The Morgan fingerprint density at radius 3 is 2.88 bits per heavy atom. The lowest BCUT2D eigenvalue weighted by Crippen LogP contribution is -2.20. The standard InChI is InChI=1S/C13H17N3O/c1-16(7-2-8-17)13-6-3-10-9-11(14)4-5-12(10)15-13/h3-6,9,17H,2,7-8,14H2,1H3. The zero-order chi connectivity index (χ0) is 12.3. The Kier molecular flexibility index (Phi) is 3.44. The highest BCUT2D eigenvalue weighted by Crippen LogP contribution is 2.19. The highest BCUT2D eigenvalue weighted by Gasteiger charge is 2.03. The Balaban J connectivity index is 2.28. The quantitative estimate of drug-likeness (QED) is 0.785. The predicted molar refractivity (Wildman–Crippen MR) is 71.1 cm³/mol. The molecule has 0 amide bonds. The molecule has 0 atom stereocenters. The van der Waals surface area contributed by atoms with Crippen LogP contribution in [0.1, 0.15) is 6.42 Å². The summed E-state index contributed by atoms with van der Waals surface area (Å²) in [7, 11) is 1.97. The van der Waals surface area contributed by atoms with Gasteiger partial charge >= 0.3 is 0 Å². The number of hydrogen-bond donors (Lipinski definition) is 2. The summed E-state index contributed by atoms with van der Waals surface area (Å²) >= 11 is 0. The van der Waals surface area contributed by atoms with E-state index in [0.29, 0.717) is 0 Å². The summed E-state index contributed by atoms with van der Waals surface area (Å²) in [6.45, 7) is 0.998. The number of nitrogens with zero attached hydrogens (tertiary/aromatic N) is 2. The molecule has 90 valence electrons.